The molecule has 0 atom stereocenters. The molecule has 0 spiro atoms. The Morgan fingerprint density at radius 1 is 1.12 bits per heavy atom. The summed E-state index contributed by atoms with van der Waals surface area (Å²) in [6, 6.07) is 13.4. The van der Waals surface area contributed by atoms with Crippen LogP contribution in [-0.4, -0.2) is 34.0 Å². The fraction of sp³-hybridized carbons (Fsp3) is 0.316. The molecule has 0 aliphatic rings. The zero-order chi connectivity index (χ0) is 19.2. The van der Waals surface area contributed by atoms with Gasteiger partial charge in [-0.2, -0.15) is 0 Å². The van der Waals surface area contributed by atoms with E-state index in [9.17, 15) is 13.2 Å². The molecule has 0 aliphatic heterocycles. The summed E-state index contributed by atoms with van der Waals surface area (Å²) in [5.74, 6) is 0.478. The van der Waals surface area contributed by atoms with E-state index in [0.29, 0.717) is 18.5 Å². The molecule has 0 unspecified atom stereocenters. The summed E-state index contributed by atoms with van der Waals surface area (Å²) in [5, 5.41) is 2.81. The summed E-state index contributed by atoms with van der Waals surface area (Å²) < 4.78 is 32.0. The Hall–Kier alpha value is -2.38. The molecule has 0 aliphatic carbocycles. The van der Waals surface area contributed by atoms with Crippen molar-refractivity contribution in [1.82, 2.24) is 10.0 Å². The minimum atomic E-state index is -3.63. The zero-order valence-corrected chi connectivity index (χ0v) is 16.0. The quantitative estimate of drug-likeness (QED) is 0.741. The minimum Gasteiger partial charge on any atom is -0.497 e. The monoisotopic (exact) mass is 376 g/mol. The number of methoxy groups -OCH3 is 1. The average Bonchev–Trinajstić information content (AvgIpc) is 2.61. The van der Waals surface area contributed by atoms with Crippen LogP contribution in [0.15, 0.2) is 53.4 Å². The number of amides is 1. The van der Waals surface area contributed by atoms with Crippen molar-refractivity contribution >= 4 is 15.9 Å². The maximum Gasteiger partial charge on any atom is 0.251 e. The molecule has 0 bridgehead atoms. The van der Waals surface area contributed by atoms with Crippen molar-refractivity contribution in [1.29, 1.82) is 0 Å². The third-order valence-corrected chi connectivity index (χ3v) is 5.31. The lowest BCUT2D eigenvalue weighted by Crippen LogP contribution is -2.30. The van der Waals surface area contributed by atoms with Crippen LogP contribution in [0.2, 0.25) is 0 Å². The maximum absolute atomic E-state index is 12.3. The van der Waals surface area contributed by atoms with E-state index < -0.39 is 10.0 Å². The molecule has 140 valence electrons. The largest absolute Gasteiger partial charge is 0.497 e. The van der Waals surface area contributed by atoms with Crippen molar-refractivity contribution in [3.8, 4) is 5.75 Å². The predicted octanol–water partition coefficient (Wildman–Crippen LogP) is 2.35. The van der Waals surface area contributed by atoms with Crippen LogP contribution in [0.3, 0.4) is 0 Å². The van der Waals surface area contributed by atoms with Crippen LogP contribution in [0.25, 0.3) is 0 Å². The molecule has 6 nitrogen and oxygen atoms in total. The molecule has 0 aromatic heterocycles. The normalized spacial score (nSPS) is 11.4. The highest BCUT2D eigenvalue weighted by molar-refractivity contribution is 7.89. The van der Waals surface area contributed by atoms with Crippen molar-refractivity contribution in [2.75, 3.05) is 13.7 Å². The first-order chi connectivity index (χ1) is 12.3. The van der Waals surface area contributed by atoms with Crippen LogP contribution in [-0.2, 0) is 16.4 Å². The highest BCUT2D eigenvalue weighted by Crippen LogP contribution is 2.13. The lowest BCUT2D eigenvalue weighted by Gasteiger charge is -2.11. The van der Waals surface area contributed by atoms with Gasteiger partial charge in [-0.3, -0.25) is 4.79 Å². The molecule has 0 saturated heterocycles. The standard InChI is InChI=1S/C19H24N2O4S/c1-14(2)21-26(23,24)18-6-4-5-16(13-18)19(22)20-12-11-15-7-9-17(25-3)10-8-15/h4-10,13-14,21H,11-12H2,1-3H3,(H,20,22). The number of ether oxygens (including phenoxy) is 1. The van der Waals surface area contributed by atoms with Crippen LogP contribution in [0.1, 0.15) is 29.8 Å². The summed E-state index contributed by atoms with van der Waals surface area (Å²) in [4.78, 5) is 12.4. The molecule has 2 rings (SSSR count). The molecule has 2 N–H and O–H groups in total. The fourth-order valence-electron chi connectivity index (χ4n) is 2.40. The van der Waals surface area contributed by atoms with Crippen molar-refractivity contribution in [2.24, 2.45) is 0 Å². The Kier molecular flexibility index (Phi) is 6.76. The minimum absolute atomic E-state index is 0.0778. The lowest BCUT2D eigenvalue weighted by molar-refractivity contribution is 0.0954. The summed E-state index contributed by atoms with van der Waals surface area (Å²) in [6.07, 6.45) is 0.669. The van der Waals surface area contributed by atoms with Gasteiger partial charge in [0.05, 0.1) is 12.0 Å². The number of nitrogens with one attached hydrogen (secondary N) is 2. The Labute approximate surface area is 154 Å². The first-order valence-corrected chi connectivity index (χ1v) is 9.83. The van der Waals surface area contributed by atoms with E-state index in [0.717, 1.165) is 11.3 Å². The second kappa shape index (κ2) is 8.82. The third-order valence-electron chi connectivity index (χ3n) is 3.66. The molecule has 0 radical (unpaired) electrons. The summed E-state index contributed by atoms with van der Waals surface area (Å²) in [7, 11) is -2.02. The number of hydrogen-bond donors (Lipinski definition) is 2. The molecular formula is C19H24N2O4S. The molecule has 0 saturated carbocycles. The SMILES string of the molecule is COc1ccc(CCNC(=O)c2cccc(S(=O)(=O)NC(C)C)c2)cc1. The first kappa shape index (κ1) is 19.9. The smallest absolute Gasteiger partial charge is 0.251 e. The van der Waals surface area contributed by atoms with Crippen LogP contribution in [0, 0.1) is 0 Å². The number of carbonyl (C=O) groups excluding carboxylic acids is 1. The third kappa shape index (κ3) is 5.57. The topological polar surface area (TPSA) is 84.5 Å². The van der Waals surface area contributed by atoms with Crippen LogP contribution >= 0.6 is 0 Å². The van der Waals surface area contributed by atoms with E-state index >= 15 is 0 Å². The van der Waals surface area contributed by atoms with Gasteiger partial charge in [0.1, 0.15) is 5.75 Å². The van der Waals surface area contributed by atoms with Crippen LogP contribution < -0.4 is 14.8 Å². The second-order valence-electron chi connectivity index (χ2n) is 6.16. The van der Waals surface area contributed by atoms with E-state index in [1.54, 1.807) is 33.1 Å². The van der Waals surface area contributed by atoms with Gasteiger partial charge in [-0.1, -0.05) is 18.2 Å². The molecule has 2 aromatic carbocycles. The van der Waals surface area contributed by atoms with Crippen molar-refractivity contribution in [2.45, 2.75) is 31.2 Å². The second-order valence-corrected chi connectivity index (χ2v) is 7.87. The number of rotatable bonds is 8. The molecule has 7 heteroatoms. The fourth-order valence-corrected chi connectivity index (χ4v) is 3.69. The van der Waals surface area contributed by atoms with Gasteiger partial charge < -0.3 is 10.1 Å². The van der Waals surface area contributed by atoms with Gasteiger partial charge in [0.25, 0.3) is 5.91 Å². The van der Waals surface area contributed by atoms with Crippen molar-refractivity contribution in [3.05, 3.63) is 59.7 Å². The van der Waals surface area contributed by atoms with Crippen molar-refractivity contribution < 1.29 is 17.9 Å². The molecule has 1 amide bonds. The highest BCUT2D eigenvalue weighted by atomic mass is 32.2. The maximum atomic E-state index is 12.3. The molecule has 26 heavy (non-hydrogen) atoms. The van der Waals surface area contributed by atoms with Crippen LogP contribution in [0.4, 0.5) is 0 Å². The predicted molar refractivity (Wildman–Crippen MR) is 101 cm³/mol. The van der Waals surface area contributed by atoms with E-state index in [4.69, 9.17) is 4.74 Å². The summed E-state index contributed by atoms with van der Waals surface area (Å²) in [6.45, 7) is 3.94. The zero-order valence-electron chi connectivity index (χ0n) is 15.2. The van der Waals surface area contributed by atoms with E-state index in [-0.39, 0.29) is 16.8 Å². The van der Waals surface area contributed by atoms with Gasteiger partial charge >= 0.3 is 0 Å². The van der Waals surface area contributed by atoms with Gasteiger partial charge in [-0.25, -0.2) is 13.1 Å². The van der Waals surface area contributed by atoms with Gasteiger partial charge in [0, 0.05) is 18.2 Å². The van der Waals surface area contributed by atoms with Gasteiger partial charge in [0.15, 0.2) is 0 Å². The summed E-state index contributed by atoms with van der Waals surface area (Å²) in [5.41, 5.74) is 1.38. The number of benzene rings is 2. The lowest BCUT2D eigenvalue weighted by atomic mass is 10.1. The Balaban J connectivity index is 1.98. The van der Waals surface area contributed by atoms with Gasteiger partial charge in [-0.15, -0.1) is 0 Å². The summed E-state index contributed by atoms with van der Waals surface area (Å²) >= 11 is 0. The molecule has 0 heterocycles. The highest BCUT2D eigenvalue weighted by Gasteiger charge is 2.17. The molecule has 2 aromatic rings. The van der Waals surface area contributed by atoms with E-state index in [2.05, 4.69) is 10.0 Å². The first-order valence-electron chi connectivity index (χ1n) is 8.35. The van der Waals surface area contributed by atoms with Crippen molar-refractivity contribution in [3.63, 3.8) is 0 Å². The Morgan fingerprint density at radius 3 is 2.42 bits per heavy atom. The molecular weight excluding hydrogens is 352 g/mol. The van der Waals surface area contributed by atoms with Crippen LogP contribution in [0.5, 0.6) is 5.75 Å². The van der Waals surface area contributed by atoms with Gasteiger partial charge in [0.2, 0.25) is 10.0 Å². The van der Waals surface area contributed by atoms with E-state index in [1.807, 2.05) is 24.3 Å². The number of sulfonamides is 1. The number of hydrogen-bond acceptors (Lipinski definition) is 4. The Morgan fingerprint density at radius 2 is 1.81 bits per heavy atom. The number of carbonyl (C=O) groups is 1. The molecule has 0 fully saturated rings. The van der Waals surface area contributed by atoms with E-state index in [1.165, 1.54) is 12.1 Å². The Bertz CT molecular complexity index is 846. The average molecular weight is 376 g/mol. The van der Waals surface area contributed by atoms with Gasteiger partial charge in [-0.05, 0) is 56.2 Å².